The van der Waals surface area contributed by atoms with Crippen molar-refractivity contribution in [2.45, 2.75) is 11.8 Å². The minimum absolute atomic E-state index is 0.282. The predicted molar refractivity (Wildman–Crippen MR) is 81.3 cm³/mol. The third-order valence-corrected chi connectivity index (χ3v) is 5.64. The minimum atomic E-state index is -3.46. The second-order valence-corrected chi connectivity index (χ2v) is 7.38. The average Bonchev–Trinajstić information content (AvgIpc) is 2.39. The van der Waals surface area contributed by atoms with Gasteiger partial charge in [0, 0.05) is 30.7 Å². The van der Waals surface area contributed by atoms with Gasteiger partial charge in [-0.1, -0.05) is 6.07 Å². The van der Waals surface area contributed by atoms with E-state index in [1.165, 1.54) is 0 Å². The van der Waals surface area contributed by atoms with Crippen molar-refractivity contribution in [1.29, 1.82) is 0 Å². The number of nitrogens with zero attached hydrogens (tertiary/aromatic N) is 1. The van der Waals surface area contributed by atoms with E-state index in [0.29, 0.717) is 17.6 Å². The van der Waals surface area contributed by atoms with Crippen LogP contribution in [0.3, 0.4) is 0 Å². The molecule has 5 nitrogen and oxygen atoms in total. The van der Waals surface area contributed by atoms with Gasteiger partial charge in [0.05, 0.1) is 18.1 Å². The predicted octanol–water partition coefficient (Wildman–Crippen LogP) is 1.37. The van der Waals surface area contributed by atoms with Gasteiger partial charge in [0.2, 0.25) is 10.0 Å². The summed E-state index contributed by atoms with van der Waals surface area (Å²) < 4.78 is 32.9. The third kappa shape index (κ3) is 4.26. The van der Waals surface area contributed by atoms with E-state index >= 15 is 0 Å². The number of hydrogen-bond donors (Lipinski definition) is 1. The van der Waals surface area contributed by atoms with Gasteiger partial charge in [-0.3, -0.25) is 4.90 Å². The highest BCUT2D eigenvalue weighted by molar-refractivity contribution is 9.10. The second kappa shape index (κ2) is 7.00. The standard InChI is InChI=1S/C13H19BrN2O3S/c1-11-2-3-13(12(14)10-11)20(17,18)15-4-5-16-6-8-19-9-7-16/h2-3,10,15H,4-9H2,1H3. The zero-order chi connectivity index (χ0) is 14.6. The molecule has 0 aliphatic carbocycles. The highest BCUT2D eigenvalue weighted by atomic mass is 79.9. The first-order chi connectivity index (χ1) is 9.49. The van der Waals surface area contributed by atoms with Crippen LogP contribution in [0, 0.1) is 6.92 Å². The van der Waals surface area contributed by atoms with Gasteiger partial charge in [-0.25, -0.2) is 13.1 Å². The summed E-state index contributed by atoms with van der Waals surface area (Å²) in [7, 11) is -3.46. The number of ether oxygens (including phenoxy) is 1. The topological polar surface area (TPSA) is 58.6 Å². The maximum atomic E-state index is 12.2. The van der Waals surface area contributed by atoms with Gasteiger partial charge in [0.15, 0.2) is 0 Å². The van der Waals surface area contributed by atoms with Crippen LogP contribution in [0.2, 0.25) is 0 Å². The number of benzene rings is 1. The van der Waals surface area contributed by atoms with Crippen LogP contribution in [-0.4, -0.2) is 52.7 Å². The molecule has 112 valence electrons. The lowest BCUT2D eigenvalue weighted by Gasteiger charge is -2.26. The number of aryl methyl sites for hydroxylation is 1. The van der Waals surface area contributed by atoms with Crippen molar-refractivity contribution in [2.24, 2.45) is 0 Å². The van der Waals surface area contributed by atoms with E-state index in [4.69, 9.17) is 4.74 Å². The lowest BCUT2D eigenvalue weighted by Crippen LogP contribution is -2.41. The van der Waals surface area contributed by atoms with E-state index in [9.17, 15) is 8.42 Å². The van der Waals surface area contributed by atoms with Crippen molar-refractivity contribution in [3.63, 3.8) is 0 Å². The second-order valence-electron chi connectivity index (χ2n) is 4.79. The first kappa shape index (κ1) is 15.9. The fourth-order valence-electron chi connectivity index (χ4n) is 2.06. The molecule has 0 aromatic heterocycles. The van der Waals surface area contributed by atoms with Crippen molar-refractivity contribution in [1.82, 2.24) is 9.62 Å². The molecule has 1 aliphatic rings. The number of rotatable bonds is 5. The van der Waals surface area contributed by atoms with Crippen LogP contribution in [0.25, 0.3) is 0 Å². The molecule has 7 heteroatoms. The third-order valence-electron chi connectivity index (χ3n) is 3.20. The van der Waals surface area contributed by atoms with Crippen molar-refractivity contribution in [3.8, 4) is 0 Å². The molecule has 0 bridgehead atoms. The molecule has 0 unspecified atom stereocenters. The molecule has 20 heavy (non-hydrogen) atoms. The Morgan fingerprint density at radius 1 is 1.35 bits per heavy atom. The SMILES string of the molecule is Cc1ccc(S(=O)(=O)NCCN2CCOCC2)c(Br)c1. The lowest BCUT2D eigenvalue weighted by molar-refractivity contribution is 0.0390. The summed E-state index contributed by atoms with van der Waals surface area (Å²) in [4.78, 5) is 2.47. The molecule has 1 saturated heterocycles. The quantitative estimate of drug-likeness (QED) is 0.859. The van der Waals surface area contributed by atoms with Crippen LogP contribution >= 0.6 is 15.9 Å². The highest BCUT2D eigenvalue weighted by Crippen LogP contribution is 2.22. The van der Waals surface area contributed by atoms with Crippen molar-refractivity contribution in [3.05, 3.63) is 28.2 Å². The summed E-state index contributed by atoms with van der Waals surface area (Å²) in [6.45, 7) is 6.18. The van der Waals surface area contributed by atoms with E-state index in [0.717, 1.165) is 31.9 Å². The molecule has 1 aliphatic heterocycles. The Bertz CT molecular complexity index is 557. The molecule has 1 aromatic carbocycles. The Morgan fingerprint density at radius 2 is 2.05 bits per heavy atom. The van der Waals surface area contributed by atoms with Crippen LogP contribution in [0.1, 0.15) is 5.56 Å². The first-order valence-corrected chi connectivity index (χ1v) is 8.82. The van der Waals surface area contributed by atoms with Gasteiger partial charge in [0.1, 0.15) is 0 Å². The molecule has 0 atom stereocenters. The molecule has 1 aromatic rings. The molecule has 0 saturated carbocycles. The summed E-state index contributed by atoms with van der Waals surface area (Å²) in [6.07, 6.45) is 0. The zero-order valence-corrected chi connectivity index (χ0v) is 13.8. The molecule has 0 spiro atoms. The van der Waals surface area contributed by atoms with Gasteiger partial charge >= 0.3 is 0 Å². The maximum Gasteiger partial charge on any atom is 0.241 e. The van der Waals surface area contributed by atoms with E-state index in [-0.39, 0.29) is 4.90 Å². The summed E-state index contributed by atoms with van der Waals surface area (Å²) in [5.41, 5.74) is 1.02. The average molecular weight is 363 g/mol. The van der Waals surface area contributed by atoms with Crippen LogP contribution < -0.4 is 4.72 Å². The highest BCUT2D eigenvalue weighted by Gasteiger charge is 2.18. The first-order valence-electron chi connectivity index (χ1n) is 6.55. The van der Waals surface area contributed by atoms with Crippen LogP contribution in [-0.2, 0) is 14.8 Å². The molecule has 2 rings (SSSR count). The number of sulfonamides is 1. The van der Waals surface area contributed by atoms with Gasteiger partial charge in [0.25, 0.3) is 0 Å². The smallest absolute Gasteiger partial charge is 0.241 e. The fraction of sp³-hybridized carbons (Fsp3) is 0.538. The molecular formula is C13H19BrN2O3S. The van der Waals surface area contributed by atoms with Crippen LogP contribution in [0.5, 0.6) is 0 Å². The van der Waals surface area contributed by atoms with Gasteiger partial charge in [-0.15, -0.1) is 0 Å². The van der Waals surface area contributed by atoms with Crippen LogP contribution in [0.15, 0.2) is 27.6 Å². The van der Waals surface area contributed by atoms with Gasteiger partial charge in [-0.05, 0) is 40.5 Å². The number of halogens is 1. The molecule has 1 fully saturated rings. The normalized spacial score (nSPS) is 17.3. The van der Waals surface area contributed by atoms with Crippen LogP contribution in [0.4, 0.5) is 0 Å². The minimum Gasteiger partial charge on any atom is -0.379 e. The van der Waals surface area contributed by atoms with Crippen molar-refractivity contribution in [2.75, 3.05) is 39.4 Å². The van der Waals surface area contributed by atoms with Crippen molar-refractivity contribution < 1.29 is 13.2 Å². The van der Waals surface area contributed by atoms with E-state index in [1.807, 2.05) is 6.92 Å². The fourth-order valence-corrected chi connectivity index (χ4v) is 4.28. The maximum absolute atomic E-state index is 12.2. The molecule has 0 amide bonds. The van der Waals surface area contributed by atoms with Gasteiger partial charge < -0.3 is 4.74 Å². The Kier molecular flexibility index (Phi) is 5.57. The summed E-state index contributed by atoms with van der Waals surface area (Å²) >= 11 is 3.31. The number of nitrogens with one attached hydrogen (secondary N) is 1. The number of morpholine rings is 1. The molecular weight excluding hydrogens is 344 g/mol. The van der Waals surface area contributed by atoms with Gasteiger partial charge in [-0.2, -0.15) is 0 Å². The molecule has 1 N–H and O–H groups in total. The summed E-state index contributed by atoms with van der Waals surface area (Å²) in [5, 5.41) is 0. The molecule has 0 radical (unpaired) electrons. The Morgan fingerprint density at radius 3 is 2.70 bits per heavy atom. The Hall–Kier alpha value is -0.470. The Balaban J connectivity index is 1.93. The van der Waals surface area contributed by atoms with E-state index in [2.05, 4.69) is 25.6 Å². The van der Waals surface area contributed by atoms with E-state index in [1.54, 1.807) is 18.2 Å². The summed E-state index contributed by atoms with van der Waals surface area (Å²) in [5.74, 6) is 0. The zero-order valence-electron chi connectivity index (χ0n) is 11.4. The monoisotopic (exact) mass is 362 g/mol. The number of hydrogen-bond acceptors (Lipinski definition) is 4. The largest absolute Gasteiger partial charge is 0.379 e. The summed E-state index contributed by atoms with van der Waals surface area (Å²) in [6, 6.07) is 5.22. The lowest BCUT2D eigenvalue weighted by atomic mass is 10.2. The van der Waals surface area contributed by atoms with E-state index < -0.39 is 10.0 Å². The molecule has 1 heterocycles. The Labute approximate surface area is 128 Å². The van der Waals surface area contributed by atoms with Crippen molar-refractivity contribution >= 4 is 26.0 Å².